The van der Waals surface area contributed by atoms with Crippen LogP contribution in [0.3, 0.4) is 0 Å². The predicted octanol–water partition coefficient (Wildman–Crippen LogP) is 3.37. The minimum Gasteiger partial charge on any atom is -0.497 e. The van der Waals surface area contributed by atoms with Crippen molar-refractivity contribution >= 4 is 0 Å². The highest BCUT2D eigenvalue weighted by Gasteiger charge is 2.06. The number of halogens is 1. The number of nitrogens with zero attached hydrogens (tertiary/aromatic N) is 1. The zero-order valence-electron chi connectivity index (χ0n) is 9.27. The first-order valence-electron chi connectivity index (χ1n) is 5.08. The van der Waals surface area contributed by atoms with Crippen molar-refractivity contribution in [1.82, 2.24) is 0 Å². The third kappa shape index (κ3) is 2.26. The Balaban J connectivity index is 2.48. The molecule has 2 nitrogen and oxygen atoms in total. The van der Waals surface area contributed by atoms with Crippen LogP contribution >= 0.6 is 0 Å². The SMILES string of the molecule is COc1ccc(-c2cc(C#N)ccc2F)cc1. The van der Waals surface area contributed by atoms with Gasteiger partial charge in [0.05, 0.1) is 18.7 Å². The summed E-state index contributed by atoms with van der Waals surface area (Å²) in [4.78, 5) is 0. The normalized spacial score (nSPS) is 9.71. The summed E-state index contributed by atoms with van der Waals surface area (Å²) in [5.41, 5.74) is 1.59. The Hall–Kier alpha value is -2.34. The maximum Gasteiger partial charge on any atom is 0.131 e. The average molecular weight is 227 g/mol. The largest absolute Gasteiger partial charge is 0.497 e. The molecule has 0 aliphatic rings. The van der Waals surface area contributed by atoms with E-state index >= 15 is 0 Å². The summed E-state index contributed by atoms with van der Waals surface area (Å²) in [6.45, 7) is 0. The maximum atomic E-state index is 13.6. The van der Waals surface area contributed by atoms with Crippen molar-refractivity contribution in [3.05, 3.63) is 53.8 Å². The molecule has 0 aromatic heterocycles. The zero-order chi connectivity index (χ0) is 12.3. The van der Waals surface area contributed by atoms with E-state index in [2.05, 4.69) is 0 Å². The van der Waals surface area contributed by atoms with Crippen LogP contribution in [0.15, 0.2) is 42.5 Å². The highest BCUT2D eigenvalue weighted by molar-refractivity contribution is 5.66. The van der Waals surface area contributed by atoms with Gasteiger partial charge in [-0.05, 0) is 35.9 Å². The van der Waals surface area contributed by atoms with Crippen molar-refractivity contribution in [2.75, 3.05) is 7.11 Å². The van der Waals surface area contributed by atoms with Gasteiger partial charge in [-0.1, -0.05) is 12.1 Å². The lowest BCUT2D eigenvalue weighted by atomic mass is 10.0. The summed E-state index contributed by atoms with van der Waals surface area (Å²) in [5, 5.41) is 8.79. The molecule has 2 aromatic rings. The molecule has 0 spiro atoms. The van der Waals surface area contributed by atoms with Crippen LogP contribution in [0.5, 0.6) is 5.75 Å². The van der Waals surface area contributed by atoms with Crippen LogP contribution in [0.4, 0.5) is 4.39 Å². The fourth-order valence-electron chi connectivity index (χ4n) is 1.59. The first-order valence-corrected chi connectivity index (χ1v) is 5.08. The number of hydrogen-bond acceptors (Lipinski definition) is 2. The zero-order valence-corrected chi connectivity index (χ0v) is 9.27. The van der Waals surface area contributed by atoms with Crippen LogP contribution in [0.2, 0.25) is 0 Å². The molecule has 0 fully saturated rings. The van der Waals surface area contributed by atoms with E-state index in [0.29, 0.717) is 16.9 Å². The Labute approximate surface area is 98.9 Å². The topological polar surface area (TPSA) is 33.0 Å². The molecule has 0 bridgehead atoms. The lowest BCUT2D eigenvalue weighted by Gasteiger charge is -2.05. The van der Waals surface area contributed by atoms with Crippen LogP contribution < -0.4 is 4.74 Å². The second kappa shape index (κ2) is 4.67. The van der Waals surface area contributed by atoms with Crippen molar-refractivity contribution in [1.29, 1.82) is 5.26 Å². The molecule has 0 aliphatic heterocycles. The number of methoxy groups -OCH3 is 1. The molecule has 0 atom stereocenters. The smallest absolute Gasteiger partial charge is 0.131 e. The van der Waals surface area contributed by atoms with Crippen molar-refractivity contribution < 1.29 is 9.13 Å². The third-order valence-corrected chi connectivity index (χ3v) is 2.50. The Morgan fingerprint density at radius 1 is 1.12 bits per heavy atom. The van der Waals surface area contributed by atoms with Gasteiger partial charge in [0.25, 0.3) is 0 Å². The second-order valence-corrected chi connectivity index (χ2v) is 3.53. The first kappa shape index (κ1) is 11.2. The number of nitriles is 1. The van der Waals surface area contributed by atoms with Crippen molar-refractivity contribution in [3.8, 4) is 22.9 Å². The van der Waals surface area contributed by atoms with Crippen molar-refractivity contribution in [2.45, 2.75) is 0 Å². The molecule has 0 unspecified atom stereocenters. The Bertz CT molecular complexity index is 570. The molecule has 84 valence electrons. The minimum absolute atomic E-state index is 0.339. The molecule has 2 rings (SSSR count). The van der Waals surface area contributed by atoms with Crippen LogP contribution in [-0.4, -0.2) is 7.11 Å². The first-order chi connectivity index (χ1) is 8.24. The summed E-state index contributed by atoms with van der Waals surface area (Å²) < 4.78 is 18.7. The fraction of sp³-hybridized carbons (Fsp3) is 0.0714. The number of rotatable bonds is 2. The van der Waals surface area contributed by atoms with Gasteiger partial charge in [0.15, 0.2) is 0 Å². The fourth-order valence-corrected chi connectivity index (χ4v) is 1.59. The molecule has 0 saturated heterocycles. The third-order valence-electron chi connectivity index (χ3n) is 2.50. The molecule has 17 heavy (non-hydrogen) atoms. The molecule has 2 aromatic carbocycles. The van der Waals surface area contributed by atoms with Gasteiger partial charge in [-0.25, -0.2) is 4.39 Å². The summed E-state index contributed by atoms with van der Waals surface area (Å²) in [5.74, 6) is 0.375. The average Bonchev–Trinajstić information content (AvgIpc) is 2.39. The molecule has 3 heteroatoms. The summed E-state index contributed by atoms with van der Waals surface area (Å²) in [6.07, 6.45) is 0. The quantitative estimate of drug-likeness (QED) is 0.788. The van der Waals surface area contributed by atoms with Gasteiger partial charge in [-0.3, -0.25) is 0 Å². The van der Waals surface area contributed by atoms with Crippen LogP contribution in [0.25, 0.3) is 11.1 Å². The van der Waals surface area contributed by atoms with Gasteiger partial charge in [0.1, 0.15) is 11.6 Å². The van der Waals surface area contributed by atoms with Crippen molar-refractivity contribution in [3.63, 3.8) is 0 Å². The van der Waals surface area contributed by atoms with Gasteiger partial charge in [0.2, 0.25) is 0 Å². The van der Waals surface area contributed by atoms with E-state index in [4.69, 9.17) is 10.00 Å². The van der Waals surface area contributed by atoms with Gasteiger partial charge >= 0.3 is 0 Å². The molecule has 0 heterocycles. The van der Waals surface area contributed by atoms with E-state index in [1.807, 2.05) is 6.07 Å². The van der Waals surface area contributed by atoms with Gasteiger partial charge in [0, 0.05) is 5.56 Å². The lowest BCUT2D eigenvalue weighted by molar-refractivity contribution is 0.415. The van der Waals surface area contributed by atoms with Crippen LogP contribution in [0.1, 0.15) is 5.56 Å². The number of hydrogen-bond donors (Lipinski definition) is 0. The van der Waals surface area contributed by atoms with E-state index in [0.717, 1.165) is 5.56 Å². The highest BCUT2D eigenvalue weighted by atomic mass is 19.1. The Morgan fingerprint density at radius 2 is 1.82 bits per heavy atom. The Kier molecular flexibility index (Phi) is 3.06. The molecule has 0 saturated carbocycles. The lowest BCUT2D eigenvalue weighted by Crippen LogP contribution is -1.87. The number of ether oxygens (including phenoxy) is 1. The highest BCUT2D eigenvalue weighted by Crippen LogP contribution is 2.25. The molecular weight excluding hydrogens is 217 g/mol. The molecular formula is C14H10FNO. The Morgan fingerprint density at radius 3 is 2.41 bits per heavy atom. The van der Waals surface area contributed by atoms with Gasteiger partial charge in [-0.15, -0.1) is 0 Å². The predicted molar refractivity (Wildman–Crippen MR) is 63.1 cm³/mol. The van der Waals surface area contributed by atoms with Crippen LogP contribution in [-0.2, 0) is 0 Å². The standard InChI is InChI=1S/C14H10FNO/c1-17-12-5-3-11(4-6-12)13-8-10(9-16)2-7-14(13)15/h2-8H,1H3. The van der Waals surface area contributed by atoms with E-state index < -0.39 is 0 Å². The molecule has 0 aliphatic carbocycles. The summed E-state index contributed by atoms with van der Waals surface area (Å²) in [6, 6.07) is 13.3. The van der Waals surface area contributed by atoms with E-state index in [1.165, 1.54) is 18.2 Å². The molecule has 0 N–H and O–H groups in total. The van der Waals surface area contributed by atoms with E-state index in [-0.39, 0.29) is 5.82 Å². The minimum atomic E-state index is -0.339. The maximum absolute atomic E-state index is 13.6. The van der Waals surface area contributed by atoms with Gasteiger partial charge < -0.3 is 4.74 Å². The van der Waals surface area contributed by atoms with Gasteiger partial charge in [-0.2, -0.15) is 5.26 Å². The summed E-state index contributed by atoms with van der Waals surface area (Å²) >= 11 is 0. The van der Waals surface area contributed by atoms with E-state index in [1.54, 1.807) is 31.4 Å². The molecule has 0 amide bonds. The van der Waals surface area contributed by atoms with E-state index in [9.17, 15) is 4.39 Å². The second-order valence-electron chi connectivity index (χ2n) is 3.53. The monoisotopic (exact) mass is 227 g/mol. The summed E-state index contributed by atoms with van der Waals surface area (Å²) in [7, 11) is 1.58. The molecule has 0 radical (unpaired) electrons. The number of benzene rings is 2. The van der Waals surface area contributed by atoms with Crippen LogP contribution in [0, 0.1) is 17.1 Å². The van der Waals surface area contributed by atoms with Crippen molar-refractivity contribution in [2.24, 2.45) is 0 Å².